The van der Waals surface area contributed by atoms with Gasteiger partial charge in [-0.05, 0) is 43.3 Å². The predicted octanol–water partition coefficient (Wildman–Crippen LogP) is 3.23. The van der Waals surface area contributed by atoms with E-state index in [9.17, 15) is 9.59 Å². The van der Waals surface area contributed by atoms with Gasteiger partial charge in [0.1, 0.15) is 0 Å². The Morgan fingerprint density at radius 2 is 2.07 bits per heavy atom. The zero-order chi connectivity index (χ0) is 19.1. The monoisotopic (exact) mass is 386 g/mol. The number of likely N-dealkylation sites (tertiary alicyclic amines) is 1. The van der Waals surface area contributed by atoms with Crippen LogP contribution in [0.25, 0.3) is 0 Å². The number of hydrogen-bond donors (Lipinski definition) is 1. The number of nitrogens with zero attached hydrogens (tertiary/aromatic N) is 1. The third-order valence-corrected chi connectivity index (χ3v) is 5.70. The summed E-state index contributed by atoms with van der Waals surface area (Å²) >= 11 is 1.63. The van der Waals surface area contributed by atoms with E-state index < -0.39 is 0 Å². The van der Waals surface area contributed by atoms with Crippen LogP contribution in [0.4, 0.5) is 0 Å². The second-order valence-corrected chi connectivity index (χ2v) is 7.73. The lowest BCUT2D eigenvalue weighted by atomic mass is 9.98. The molecule has 1 aromatic carbocycles. The smallest absolute Gasteiger partial charge is 0.310 e. The summed E-state index contributed by atoms with van der Waals surface area (Å²) in [6, 6.07) is 13.9. The lowest BCUT2D eigenvalue weighted by Crippen LogP contribution is -2.45. The van der Waals surface area contributed by atoms with Gasteiger partial charge in [-0.2, -0.15) is 0 Å². The number of nitrogens with one attached hydrogen (secondary N) is 1. The number of hydrogen-bond acceptors (Lipinski definition) is 5. The Morgan fingerprint density at radius 3 is 2.78 bits per heavy atom. The number of esters is 1. The second kappa shape index (κ2) is 9.67. The number of carbonyl (C=O) groups is 2. The average Bonchev–Trinajstić information content (AvgIpc) is 3.22. The number of amides is 1. The highest BCUT2D eigenvalue weighted by atomic mass is 32.1. The molecule has 0 radical (unpaired) electrons. The van der Waals surface area contributed by atoms with Gasteiger partial charge in [0.2, 0.25) is 5.91 Å². The first-order chi connectivity index (χ1) is 13.2. The van der Waals surface area contributed by atoms with Crippen LogP contribution < -0.4 is 5.32 Å². The van der Waals surface area contributed by atoms with Crippen LogP contribution in [0.1, 0.15) is 36.2 Å². The molecule has 1 aromatic heterocycles. The van der Waals surface area contributed by atoms with Crippen molar-refractivity contribution < 1.29 is 14.3 Å². The van der Waals surface area contributed by atoms with Crippen LogP contribution in [0.5, 0.6) is 0 Å². The summed E-state index contributed by atoms with van der Waals surface area (Å²) in [5.74, 6) is -0.307. The maximum absolute atomic E-state index is 12.7. The molecule has 1 saturated heterocycles. The molecule has 6 heteroatoms. The normalized spacial score (nSPS) is 18.6. The van der Waals surface area contributed by atoms with Crippen molar-refractivity contribution in [1.29, 1.82) is 0 Å². The lowest BCUT2D eigenvalue weighted by molar-refractivity contribution is -0.150. The van der Waals surface area contributed by atoms with Crippen molar-refractivity contribution in [1.82, 2.24) is 10.2 Å². The zero-order valence-electron chi connectivity index (χ0n) is 15.6. The van der Waals surface area contributed by atoms with Gasteiger partial charge in [0, 0.05) is 11.4 Å². The average molecular weight is 387 g/mol. The molecule has 0 aliphatic carbocycles. The second-order valence-electron chi connectivity index (χ2n) is 6.75. The molecule has 1 fully saturated rings. The molecule has 1 aliphatic heterocycles. The Labute approximate surface area is 164 Å². The van der Waals surface area contributed by atoms with E-state index in [4.69, 9.17) is 4.74 Å². The van der Waals surface area contributed by atoms with Crippen LogP contribution in [0.3, 0.4) is 0 Å². The Morgan fingerprint density at radius 1 is 1.26 bits per heavy atom. The minimum Gasteiger partial charge on any atom is -0.466 e. The van der Waals surface area contributed by atoms with E-state index in [0.717, 1.165) is 29.8 Å². The molecule has 2 heterocycles. The number of rotatable bonds is 7. The van der Waals surface area contributed by atoms with Crippen molar-refractivity contribution in [2.24, 2.45) is 5.92 Å². The molecule has 2 aromatic rings. The third-order valence-electron chi connectivity index (χ3n) is 4.76. The van der Waals surface area contributed by atoms with Crippen molar-refractivity contribution in [3.63, 3.8) is 0 Å². The molecule has 0 unspecified atom stereocenters. The molecule has 3 rings (SSSR count). The summed E-state index contributed by atoms with van der Waals surface area (Å²) in [5.41, 5.74) is 1.07. The van der Waals surface area contributed by atoms with Crippen molar-refractivity contribution in [3.8, 4) is 0 Å². The highest BCUT2D eigenvalue weighted by molar-refractivity contribution is 7.10. The molecule has 1 amide bonds. The van der Waals surface area contributed by atoms with Gasteiger partial charge in [0.15, 0.2) is 0 Å². The van der Waals surface area contributed by atoms with E-state index in [1.807, 2.05) is 54.8 Å². The van der Waals surface area contributed by atoms with Crippen molar-refractivity contribution in [2.75, 3.05) is 26.2 Å². The fraction of sp³-hybridized carbons (Fsp3) is 0.429. The summed E-state index contributed by atoms with van der Waals surface area (Å²) in [6.07, 6.45) is 1.74. The van der Waals surface area contributed by atoms with Crippen LogP contribution in [-0.2, 0) is 14.3 Å². The van der Waals surface area contributed by atoms with Gasteiger partial charge in [-0.25, -0.2) is 0 Å². The van der Waals surface area contributed by atoms with Gasteiger partial charge < -0.3 is 10.1 Å². The first kappa shape index (κ1) is 19.6. The lowest BCUT2D eigenvalue weighted by Gasteiger charge is -2.31. The quantitative estimate of drug-likeness (QED) is 0.743. The Bertz CT molecular complexity index is 733. The van der Waals surface area contributed by atoms with Gasteiger partial charge in [-0.1, -0.05) is 36.4 Å². The predicted molar refractivity (Wildman–Crippen MR) is 107 cm³/mol. The van der Waals surface area contributed by atoms with Crippen LogP contribution in [-0.4, -0.2) is 43.0 Å². The van der Waals surface area contributed by atoms with Crippen LogP contribution in [0.15, 0.2) is 47.8 Å². The fourth-order valence-corrected chi connectivity index (χ4v) is 4.28. The first-order valence-corrected chi connectivity index (χ1v) is 10.3. The Hall–Kier alpha value is -2.18. The maximum atomic E-state index is 12.7. The topological polar surface area (TPSA) is 58.6 Å². The molecule has 0 bridgehead atoms. The zero-order valence-corrected chi connectivity index (χ0v) is 16.4. The number of carbonyl (C=O) groups excluding carboxylic acids is 2. The maximum Gasteiger partial charge on any atom is 0.310 e. The SMILES string of the molecule is CCOC(=O)[C@H]1CCCN(CC(=O)N[C@@H](c2ccccc2)c2cccs2)C1. The molecule has 0 saturated carbocycles. The number of benzene rings is 1. The van der Waals surface area contributed by atoms with Crippen molar-refractivity contribution >= 4 is 23.2 Å². The third kappa shape index (κ3) is 5.40. The number of piperidine rings is 1. The molecule has 2 atom stereocenters. The Kier molecular flexibility index (Phi) is 7.01. The van der Waals surface area contributed by atoms with E-state index in [1.54, 1.807) is 11.3 Å². The van der Waals surface area contributed by atoms with Gasteiger partial charge >= 0.3 is 5.97 Å². The first-order valence-electron chi connectivity index (χ1n) is 9.44. The van der Waals surface area contributed by atoms with Crippen LogP contribution in [0.2, 0.25) is 0 Å². The number of ether oxygens (including phenoxy) is 1. The van der Waals surface area contributed by atoms with Crippen molar-refractivity contribution in [2.45, 2.75) is 25.8 Å². The van der Waals surface area contributed by atoms with E-state index in [-0.39, 0.29) is 23.8 Å². The summed E-state index contributed by atoms with van der Waals surface area (Å²) in [4.78, 5) is 27.9. The molecular formula is C21H26N2O3S. The minimum absolute atomic E-state index is 0.0261. The summed E-state index contributed by atoms with van der Waals surface area (Å²) in [7, 11) is 0. The standard InChI is InChI=1S/C21H26N2O3S/c1-2-26-21(25)17-10-6-12-23(14-17)15-19(24)22-20(18-11-7-13-27-18)16-8-4-3-5-9-16/h3-5,7-9,11,13,17,20H,2,6,10,12,14-15H2,1H3,(H,22,24)/t17-,20-/m0/s1. The van der Waals surface area contributed by atoms with Crippen molar-refractivity contribution in [3.05, 3.63) is 58.3 Å². The molecular weight excluding hydrogens is 360 g/mol. The van der Waals surface area contributed by atoms with Gasteiger partial charge in [0.05, 0.1) is 25.1 Å². The number of thiophene rings is 1. The summed E-state index contributed by atoms with van der Waals surface area (Å²) < 4.78 is 5.14. The van der Waals surface area contributed by atoms with Crippen LogP contribution >= 0.6 is 11.3 Å². The van der Waals surface area contributed by atoms with E-state index >= 15 is 0 Å². The van der Waals surface area contributed by atoms with Gasteiger partial charge in [-0.3, -0.25) is 14.5 Å². The summed E-state index contributed by atoms with van der Waals surface area (Å²) in [6.45, 7) is 3.93. The molecule has 1 aliphatic rings. The minimum atomic E-state index is -0.150. The van der Waals surface area contributed by atoms with Gasteiger partial charge in [-0.15, -0.1) is 11.3 Å². The van der Waals surface area contributed by atoms with E-state index in [0.29, 0.717) is 19.7 Å². The Balaban J connectivity index is 1.62. The fourth-order valence-electron chi connectivity index (χ4n) is 3.48. The highest BCUT2D eigenvalue weighted by Crippen LogP contribution is 2.26. The molecule has 1 N–H and O–H groups in total. The van der Waals surface area contributed by atoms with E-state index in [1.165, 1.54) is 0 Å². The molecule has 0 spiro atoms. The summed E-state index contributed by atoms with van der Waals surface area (Å²) in [5, 5.41) is 5.19. The molecule has 27 heavy (non-hydrogen) atoms. The van der Waals surface area contributed by atoms with Crippen LogP contribution in [0, 0.1) is 5.92 Å². The van der Waals surface area contributed by atoms with Gasteiger partial charge in [0.25, 0.3) is 0 Å². The largest absolute Gasteiger partial charge is 0.466 e. The van der Waals surface area contributed by atoms with E-state index in [2.05, 4.69) is 10.2 Å². The highest BCUT2D eigenvalue weighted by Gasteiger charge is 2.28. The molecule has 144 valence electrons. The molecule has 5 nitrogen and oxygen atoms in total.